The minimum absolute atomic E-state index is 0.0391. The molecule has 11 heteroatoms. The minimum Gasteiger partial charge on any atom is -0.485 e. The molecule has 0 aliphatic carbocycles. The lowest BCUT2D eigenvalue weighted by atomic mass is 9.86. The highest BCUT2D eigenvalue weighted by Crippen LogP contribution is 2.42. The molecule has 8 nitrogen and oxygen atoms in total. The summed E-state index contributed by atoms with van der Waals surface area (Å²) in [4.78, 5) is 23.5. The Balaban J connectivity index is 2.02. The van der Waals surface area contributed by atoms with Crippen molar-refractivity contribution >= 4 is 11.6 Å². The molecule has 1 heterocycles. The maximum absolute atomic E-state index is 12.9. The summed E-state index contributed by atoms with van der Waals surface area (Å²) in [5.74, 6) is -1.30. The Morgan fingerprint density at radius 3 is 2.55 bits per heavy atom. The van der Waals surface area contributed by atoms with Crippen LogP contribution in [0.5, 0.6) is 11.5 Å². The topological polar surface area (TPSA) is 111 Å². The quantitative estimate of drug-likeness (QED) is 0.553. The number of hydrogen-bond acceptors (Lipinski definition) is 6. The van der Waals surface area contributed by atoms with Crippen molar-refractivity contribution in [1.82, 2.24) is 5.32 Å². The number of aryl methyl sites for hydroxylation is 1. The number of carbonyl (C=O) groups excluding carboxylic acids is 1. The molecule has 2 atom stereocenters. The number of aliphatic hydroxyl groups excluding tert-OH is 1. The molecule has 2 N–H and O–H groups in total. The summed E-state index contributed by atoms with van der Waals surface area (Å²) in [5, 5.41) is 24.6. The van der Waals surface area contributed by atoms with Crippen LogP contribution >= 0.6 is 0 Å². The molecule has 166 valence electrons. The number of amides is 1. The summed E-state index contributed by atoms with van der Waals surface area (Å²) in [6.45, 7) is 4.72. The Bertz CT molecular complexity index is 1040. The van der Waals surface area contributed by atoms with E-state index in [0.29, 0.717) is 5.56 Å². The molecular formula is C20H19F3N2O6. The number of fused-ring (bicyclic) bond motifs is 1. The maximum Gasteiger partial charge on any atom is 0.573 e. The first-order valence-electron chi connectivity index (χ1n) is 9.11. The van der Waals surface area contributed by atoms with E-state index in [2.05, 4.69) is 10.1 Å². The summed E-state index contributed by atoms with van der Waals surface area (Å²) in [7, 11) is 0. The van der Waals surface area contributed by atoms with E-state index < -0.39 is 46.4 Å². The van der Waals surface area contributed by atoms with E-state index in [0.717, 1.165) is 12.1 Å². The van der Waals surface area contributed by atoms with Gasteiger partial charge in [-0.15, -0.1) is 13.2 Å². The number of benzene rings is 2. The first-order chi connectivity index (χ1) is 14.3. The highest BCUT2D eigenvalue weighted by Gasteiger charge is 2.44. The van der Waals surface area contributed by atoms with Gasteiger partial charge in [0.25, 0.3) is 11.6 Å². The molecule has 2 aromatic rings. The summed E-state index contributed by atoms with van der Waals surface area (Å²) in [5.41, 5.74) is -1.28. The number of alkyl halides is 3. The number of nitro benzene ring substituents is 1. The molecule has 2 unspecified atom stereocenters. The van der Waals surface area contributed by atoms with Crippen LogP contribution in [0.2, 0.25) is 0 Å². The largest absolute Gasteiger partial charge is 0.573 e. The van der Waals surface area contributed by atoms with Crippen LogP contribution in [0, 0.1) is 17.0 Å². The van der Waals surface area contributed by atoms with E-state index in [9.17, 15) is 33.2 Å². The van der Waals surface area contributed by atoms with Gasteiger partial charge >= 0.3 is 6.36 Å². The van der Waals surface area contributed by atoms with Gasteiger partial charge in [0.2, 0.25) is 0 Å². The Morgan fingerprint density at radius 2 is 1.94 bits per heavy atom. The highest BCUT2D eigenvalue weighted by atomic mass is 19.4. The molecule has 0 bridgehead atoms. The summed E-state index contributed by atoms with van der Waals surface area (Å²) in [6.07, 6.45) is -6.32. The molecule has 0 saturated heterocycles. The average molecular weight is 440 g/mol. The lowest BCUT2D eigenvalue weighted by molar-refractivity contribution is -0.385. The molecule has 0 saturated carbocycles. The predicted octanol–water partition coefficient (Wildman–Crippen LogP) is 3.80. The van der Waals surface area contributed by atoms with Gasteiger partial charge in [-0.1, -0.05) is 6.07 Å². The first-order valence-corrected chi connectivity index (χ1v) is 9.11. The highest BCUT2D eigenvalue weighted by molar-refractivity contribution is 5.98. The van der Waals surface area contributed by atoms with E-state index in [4.69, 9.17) is 4.74 Å². The zero-order chi connectivity index (χ0) is 23.1. The average Bonchev–Trinajstić information content (AvgIpc) is 2.64. The first kappa shape index (κ1) is 22.3. The maximum atomic E-state index is 12.9. The van der Waals surface area contributed by atoms with Crippen LogP contribution in [0.15, 0.2) is 36.4 Å². The normalized spacial score (nSPS) is 19.7. The Morgan fingerprint density at radius 1 is 1.26 bits per heavy atom. The van der Waals surface area contributed by atoms with Gasteiger partial charge in [-0.25, -0.2) is 0 Å². The molecule has 3 rings (SSSR count). The number of carbonyl (C=O) groups is 1. The van der Waals surface area contributed by atoms with Crippen LogP contribution in [-0.4, -0.2) is 34.0 Å². The number of aliphatic hydroxyl groups is 1. The van der Waals surface area contributed by atoms with Crippen molar-refractivity contribution < 1.29 is 37.5 Å². The van der Waals surface area contributed by atoms with Crippen LogP contribution in [0.25, 0.3) is 0 Å². The minimum atomic E-state index is -4.94. The number of nitro groups is 1. The van der Waals surface area contributed by atoms with Crippen molar-refractivity contribution in [3.63, 3.8) is 0 Å². The summed E-state index contributed by atoms with van der Waals surface area (Å²) in [6, 6.07) is 6.02. The molecular weight excluding hydrogens is 421 g/mol. The molecule has 1 amide bonds. The predicted molar refractivity (Wildman–Crippen MR) is 102 cm³/mol. The molecule has 1 aliphatic rings. The Labute approximate surface area is 174 Å². The third kappa shape index (κ3) is 4.71. The number of hydrogen-bond donors (Lipinski definition) is 2. The fourth-order valence-corrected chi connectivity index (χ4v) is 3.34. The van der Waals surface area contributed by atoms with Crippen molar-refractivity contribution in [2.24, 2.45) is 0 Å². The van der Waals surface area contributed by atoms with Crippen LogP contribution in [-0.2, 0) is 0 Å². The lowest BCUT2D eigenvalue weighted by Gasteiger charge is -2.42. The smallest absolute Gasteiger partial charge is 0.485 e. The van der Waals surface area contributed by atoms with Crippen molar-refractivity contribution in [2.75, 3.05) is 0 Å². The van der Waals surface area contributed by atoms with E-state index in [1.807, 2.05) is 0 Å². The standard InChI is InChI=1S/C20H19F3N2O6/c1-10-4-6-14(25(28)29)12(8-10)18(27)24-16-13-9-11(30-20(21,22)23)5-7-15(13)31-19(2,3)17(16)26/h4-9,16-17,26H,1-3H3,(H,24,27). The third-order valence-electron chi connectivity index (χ3n) is 4.83. The Hall–Kier alpha value is -3.34. The van der Waals surface area contributed by atoms with E-state index in [1.165, 1.54) is 38.1 Å². The van der Waals surface area contributed by atoms with Gasteiger partial charge in [-0.3, -0.25) is 14.9 Å². The van der Waals surface area contributed by atoms with Crippen LogP contribution in [0.3, 0.4) is 0 Å². The van der Waals surface area contributed by atoms with Crippen molar-refractivity contribution in [3.8, 4) is 11.5 Å². The molecule has 0 radical (unpaired) electrons. The van der Waals surface area contributed by atoms with Gasteiger partial charge < -0.3 is 19.9 Å². The number of nitrogens with one attached hydrogen (secondary N) is 1. The zero-order valence-corrected chi connectivity index (χ0v) is 16.7. The van der Waals surface area contributed by atoms with Gasteiger partial charge in [0.05, 0.1) is 11.0 Å². The number of ether oxygens (including phenoxy) is 2. The molecule has 31 heavy (non-hydrogen) atoms. The zero-order valence-electron chi connectivity index (χ0n) is 16.7. The number of rotatable bonds is 4. The van der Waals surface area contributed by atoms with Crippen molar-refractivity contribution in [1.29, 1.82) is 0 Å². The monoisotopic (exact) mass is 440 g/mol. The summed E-state index contributed by atoms with van der Waals surface area (Å²) >= 11 is 0. The molecule has 2 aromatic carbocycles. The SMILES string of the molecule is Cc1ccc([N+](=O)[O-])c(C(=O)NC2c3cc(OC(F)(F)F)ccc3OC(C)(C)C2O)c1. The second-order valence-corrected chi connectivity index (χ2v) is 7.63. The van der Waals surface area contributed by atoms with Gasteiger partial charge in [0.15, 0.2) is 0 Å². The van der Waals surface area contributed by atoms with Crippen LogP contribution < -0.4 is 14.8 Å². The van der Waals surface area contributed by atoms with Crippen molar-refractivity contribution in [2.45, 2.75) is 44.9 Å². The number of nitrogens with zero attached hydrogens (tertiary/aromatic N) is 1. The van der Waals surface area contributed by atoms with Crippen molar-refractivity contribution in [3.05, 3.63) is 63.2 Å². The van der Waals surface area contributed by atoms with E-state index >= 15 is 0 Å². The van der Waals surface area contributed by atoms with Crippen LogP contribution in [0.1, 0.15) is 41.4 Å². The van der Waals surface area contributed by atoms with E-state index in [-0.39, 0.29) is 16.9 Å². The van der Waals surface area contributed by atoms with Gasteiger partial charge in [0, 0.05) is 11.6 Å². The number of halogens is 3. The second-order valence-electron chi connectivity index (χ2n) is 7.63. The second kappa shape index (κ2) is 7.73. The molecule has 0 fully saturated rings. The summed E-state index contributed by atoms with van der Waals surface area (Å²) < 4.78 is 47.5. The molecule has 0 spiro atoms. The van der Waals surface area contributed by atoms with Gasteiger partial charge in [-0.05, 0) is 50.6 Å². The van der Waals surface area contributed by atoms with E-state index in [1.54, 1.807) is 6.92 Å². The van der Waals surface area contributed by atoms with Gasteiger partial charge in [-0.2, -0.15) is 0 Å². The van der Waals surface area contributed by atoms with Crippen LogP contribution in [0.4, 0.5) is 18.9 Å². The van der Waals surface area contributed by atoms with Gasteiger partial charge in [0.1, 0.15) is 28.8 Å². The molecule has 0 aromatic heterocycles. The Kier molecular flexibility index (Phi) is 5.57. The fourth-order valence-electron chi connectivity index (χ4n) is 3.34. The third-order valence-corrected chi connectivity index (χ3v) is 4.83. The lowest BCUT2D eigenvalue weighted by Crippen LogP contribution is -2.53. The fraction of sp³-hybridized carbons (Fsp3) is 0.350. The molecule has 1 aliphatic heterocycles.